The van der Waals surface area contributed by atoms with E-state index in [4.69, 9.17) is 0 Å². The predicted octanol–water partition coefficient (Wildman–Crippen LogP) is 5.17. The molecule has 0 radical (unpaired) electrons. The number of carbonyl (C=O) groups excluding carboxylic acids is 1. The highest BCUT2D eigenvalue weighted by Crippen LogP contribution is 2.50. The van der Waals surface area contributed by atoms with Crippen LogP contribution >= 0.6 is 15.9 Å². The average molecular weight is 530 g/mol. The first-order valence-electron chi connectivity index (χ1n) is 10.7. The van der Waals surface area contributed by atoms with Crippen molar-refractivity contribution in [3.05, 3.63) is 75.3 Å². The summed E-state index contributed by atoms with van der Waals surface area (Å²) in [7, 11) is 1.86. The van der Waals surface area contributed by atoms with Gasteiger partial charge in [0.05, 0.1) is 18.2 Å². The third-order valence-corrected chi connectivity index (χ3v) is 7.30. The van der Waals surface area contributed by atoms with E-state index in [2.05, 4.69) is 32.2 Å². The molecule has 0 unspecified atom stereocenters. The number of fused-ring (bicyclic) bond motifs is 1. The van der Waals surface area contributed by atoms with Crippen LogP contribution < -0.4 is 4.90 Å². The maximum absolute atomic E-state index is 13.6. The van der Waals surface area contributed by atoms with Gasteiger partial charge in [-0.05, 0) is 48.2 Å². The van der Waals surface area contributed by atoms with Crippen LogP contribution in [0.4, 0.5) is 18.9 Å². The zero-order valence-electron chi connectivity index (χ0n) is 18.1. The van der Waals surface area contributed by atoms with Gasteiger partial charge in [-0.1, -0.05) is 28.1 Å². The Morgan fingerprint density at radius 3 is 2.68 bits per heavy atom. The number of benzene rings is 2. The molecule has 34 heavy (non-hydrogen) atoms. The van der Waals surface area contributed by atoms with Gasteiger partial charge in [-0.25, -0.2) is 0 Å². The second-order valence-corrected chi connectivity index (χ2v) is 9.88. The normalized spacial score (nSPS) is 21.8. The molecule has 0 atom stereocenters. The van der Waals surface area contributed by atoms with Gasteiger partial charge in [-0.15, -0.1) is 10.2 Å². The lowest BCUT2D eigenvalue weighted by molar-refractivity contribution is -0.138. The average Bonchev–Trinajstić information content (AvgIpc) is 3.32. The van der Waals surface area contributed by atoms with Crippen molar-refractivity contribution in [1.29, 1.82) is 5.26 Å². The summed E-state index contributed by atoms with van der Waals surface area (Å²) in [4.78, 5) is 14.5. The molecule has 0 bridgehead atoms. The Morgan fingerprint density at radius 1 is 1.26 bits per heavy atom. The number of amides is 1. The fourth-order valence-electron chi connectivity index (χ4n) is 5.07. The minimum absolute atomic E-state index is 0.0203. The summed E-state index contributed by atoms with van der Waals surface area (Å²) >= 11 is 3.10. The van der Waals surface area contributed by atoms with Gasteiger partial charge in [0.25, 0.3) is 5.91 Å². The fraction of sp³-hybridized carbons (Fsp3) is 0.333. The molecule has 2 heterocycles. The van der Waals surface area contributed by atoms with Crippen molar-refractivity contribution in [2.24, 2.45) is 13.0 Å². The van der Waals surface area contributed by atoms with Gasteiger partial charge in [0.15, 0.2) is 0 Å². The highest BCUT2D eigenvalue weighted by Gasteiger charge is 2.47. The minimum Gasteiger partial charge on any atom is -0.321 e. The summed E-state index contributed by atoms with van der Waals surface area (Å²) in [5.41, 5.74) is 0.328. The summed E-state index contributed by atoms with van der Waals surface area (Å²) in [5.74, 6) is 0.233. The molecule has 5 rings (SSSR count). The Hall–Kier alpha value is -3.19. The Balaban J connectivity index is 1.51. The first-order valence-corrected chi connectivity index (χ1v) is 11.4. The zero-order valence-corrected chi connectivity index (χ0v) is 19.7. The van der Waals surface area contributed by atoms with E-state index in [0.29, 0.717) is 24.9 Å². The summed E-state index contributed by atoms with van der Waals surface area (Å²) < 4.78 is 43.0. The van der Waals surface area contributed by atoms with Crippen molar-refractivity contribution in [2.75, 3.05) is 4.90 Å². The number of halogens is 4. The van der Waals surface area contributed by atoms with Crippen LogP contribution in [0.1, 0.15) is 45.7 Å². The number of nitrogens with zero attached hydrogens (tertiary/aromatic N) is 5. The largest absolute Gasteiger partial charge is 0.416 e. The van der Waals surface area contributed by atoms with Crippen molar-refractivity contribution in [2.45, 2.75) is 37.4 Å². The van der Waals surface area contributed by atoms with Gasteiger partial charge in [-0.2, -0.15) is 18.4 Å². The Bertz CT molecular complexity index is 1340. The molecule has 10 heteroatoms. The van der Waals surface area contributed by atoms with Crippen LogP contribution in [0.5, 0.6) is 0 Å². The number of rotatable bonds is 4. The minimum atomic E-state index is -4.57. The maximum atomic E-state index is 13.6. The van der Waals surface area contributed by atoms with E-state index >= 15 is 0 Å². The zero-order chi connectivity index (χ0) is 24.3. The lowest BCUT2D eigenvalue weighted by Crippen LogP contribution is -2.43. The molecule has 0 saturated heterocycles. The molecule has 0 spiro atoms. The van der Waals surface area contributed by atoms with Gasteiger partial charge < -0.3 is 9.47 Å². The molecule has 1 saturated carbocycles. The van der Waals surface area contributed by atoms with Gasteiger partial charge in [0.2, 0.25) is 0 Å². The number of hydrogen-bond donors (Lipinski definition) is 0. The molecular formula is C24H19BrF3N5O. The topological polar surface area (TPSA) is 74.8 Å². The Kier molecular flexibility index (Phi) is 5.28. The fourth-order valence-corrected chi connectivity index (χ4v) is 5.52. The van der Waals surface area contributed by atoms with Gasteiger partial charge in [-0.3, -0.25) is 4.79 Å². The van der Waals surface area contributed by atoms with Crippen LogP contribution in [0.25, 0.3) is 0 Å². The van der Waals surface area contributed by atoms with E-state index in [-0.39, 0.29) is 33.5 Å². The molecular weight excluding hydrogens is 511 g/mol. The second-order valence-electron chi connectivity index (χ2n) is 8.97. The predicted molar refractivity (Wildman–Crippen MR) is 121 cm³/mol. The lowest BCUT2D eigenvalue weighted by Gasteiger charge is -2.45. The molecule has 3 aromatic rings. The van der Waals surface area contributed by atoms with E-state index in [1.165, 1.54) is 11.0 Å². The molecule has 1 aliphatic carbocycles. The number of aryl methyl sites for hydroxylation is 1. The number of alkyl halides is 3. The van der Waals surface area contributed by atoms with Crippen molar-refractivity contribution >= 4 is 27.5 Å². The Labute approximate surface area is 202 Å². The lowest BCUT2D eigenvalue weighted by atomic mass is 9.57. The molecule has 174 valence electrons. The molecule has 0 N–H and O–H groups in total. The third kappa shape index (κ3) is 3.68. The van der Waals surface area contributed by atoms with Crippen molar-refractivity contribution < 1.29 is 18.0 Å². The van der Waals surface area contributed by atoms with E-state index in [1.807, 2.05) is 23.7 Å². The van der Waals surface area contributed by atoms with Crippen LogP contribution in [0, 0.1) is 17.2 Å². The van der Waals surface area contributed by atoms with E-state index < -0.39 is 17.6 Å². The van der Waals surface area contributed by atoms with Gasteiger partial charge in [0.1, 0.15) is 12.2 Å². The van der Waals surface area contributed by atoms with Crippen LogP contribution in [0.3, 0.4) is 0 Å². The monoisotopic (exact) mass is 529 g/mol. The van der Waals surface area contributed by atoms with Gasteiger partial charge >= 0.3 is 6.18 Å². The first kappa shape index (κ1) is 22.6. The van der Waals surface area contributed by atoms with Crippen LogP contribution in [-0.4, -0.2) is 20.7 Å². The Morgan fingerprint density at radius 2 is 2.03 bits per heavy atom. The molecule has 1 aromatic heterocycles. The van der Waals surface area contributed by atoms with Crippen molar-refractivity contribution in [3.63, 3.8) is 0 Å². The second kappa shape index (κ2) is 7.94. The molecule has 2 aliphatic rings. The van der Waals surface area contributed by atoms with Gasteiger partial charge in [0, 0.05) is 40.5 Å². The van der Waals surface area contributed by atoms with Crippen molar-refractivity contribution in [3.8, 4) is 6.07 Å². The summed E-state index contributed by atoms with van der Waals surface area (Å²) in [6.45, 7) is -0.156. The summed E-state index contributed by atoms with van der Waals surface area (Å²) in [6.07, 6.45) is -1.09. The van der Waals surface area contributed by atoms with Crippen molar-refractivity contribution in [1.82, 2.24) is 14.8 Å². The molecule has 1 amide bonds. The SMILES string of the molecule is Cn1cnnc1CC1(c2cccc(N3Cc4c(cc(Br)cc4C(F)(F)F)C3=O)c2)CC(C#N)C1. The van der Waals surface area contributed by atoms with Crippen LogP contribution in [-0.2, 0) is 31.6 Å². The quantitative estimate of drug-likeness (QED) is 0.467. The van der Waals surface area contributed by atoms with Crippen LogP contribution in [0.2, 0.25) is 0 Å². The van der Waals surface area contributed by atoms with E-state index in [0.717, 1.165) is 17.5 Å². The number of anilines is 1. The standard InChI is InChI=1S/C24H19BrF3N5O/c1-32-13-30-31-21(32)10-23(8-14(9-23)11-29)15-3-2-4-17(5-15)33-12-19-18(22(33)34)6-16(25)7-20(19)24(26,27)28/h2-7,13-14H,8-10,12H2,1H3. The molecule has 2 aromatic carbocycles. The number of aromatic nitrogens is 3. The maximum Gasteiger partial charge on any atom is 0.416 e. The molecule has 1 aliphatic heterocycles. The highest BCUT2D eigenvalue weighted by molar-refractivity contribution is 9.10. The molecule has 1 fully saturated rings. The molecule has 6 nitrogen and oxygen atoms in total. The summed E-state index contributed by atoms with van der Waals surface area (Å²) in [6, 6.07) is 12.1. The number of hydrogen-bond acceptors (Lipinski definition) is 4. The number of carbonyl (C=O) groups is 1. The smallest absolute Gasteiger partial charge is 0.321 e. The highest BCUT2D eigenvalue weighted by atomic mass is 79.9. The summed E-state index contributed by atoms with van der Waals surface area (Å²) in [5, 5.41) is 17.5. The van der Waals surface area contributed by atoms with Crippen LogP contribution in [0.15, 0.2) is 47.2 Å². The number of nitriles is 1. The van der Waals surface area contributed by atoms with E-state index in [9.17, 15) is 23.2 Å². The third-order valence-electron chi connectivity index (χ3n) is 6.84. The van der Waals surface area contributed by atoms with E-state index in [1.54, 1.807) is 18.5 Å². The first-order chi connectivity index (χ1) is 16.1.